The van der Waals surface area contributed by atoms with Crippen LogP contribution in [0.2, 0.25) is 0 Å². The first-order chi connectivity index (χ1) is 8.69. The van der Waals surface area contributed by atoms with Gasteiger partial charge >= 0.3 is 0 Å². The summed E-state index contributed by atoms with van der Waals surface area (Å²) < 4.78 is 0. The minimum absolute atomic E-state index is 0.461. The molecule has 0 spiro atoms. The van der Waals surface area contributed by atoms with Gasteiger partial charge in [0.15, 0.2) is 11.4 Å². The van der Waals surface area contributed by atoms with E-state index in [9.17, 15) is 4.79 Å². The fraction of sp³-hybridized carbons (Fsp3) is 0.714. The Balaban J connectivity index is 1.85. The molecule has 18 heavy (non-hydrogen) atoms. The van der Waals surface area contributed by atoms with Crippen molar-refractivity contribution in [3.8, 4) is 0 Å². The number of hydrogen-bond acceptors (Lipinski definition) is 4. The van der Waals surface area contributed by atoms with E-state index in [4.69, 9.17) is 4.98 Å². The fourth-order valence-corrected chi connectivity index (χ4v) is 3.38. The molecule has 3 nitrogen and oxygen atoms in total. The predicted molar refractivity (Wildman–Crippen MR) is 74.7 cm³/mol. The lowest BCUT2D eigenvalue weighted by Gasteiger charge is -2.26. The van der Waals surface area contributed by atoms with E-state index in [2.05, 4.69) is 18.7 Å². The number of aldehydes is 1. The lowest BCUT2D eigenvalue weighted by Crippen LogP contribution is -2.32. The normalized spacial score (nSPS) is 19.3. The number of nitrogens with zero attached hydrogens (tertiary/aromatic N) is 2. The van der Waals surface area contributed by atoms with Crippen LogP contribution in [0.4, 0.5) is 5.13 Å². The van der Waals surface area contributed by atoms with E-state index >= 15 is 0 Å². The van der Waals surface area contributed by atoms with Gasteiger partial charge in [0.05, 0.1) is 10.6 Å². The monoisotopic (exact) mass is 264 g/mol. The summed E-state index contributed by atoms with van der Waals surface area (Å²) in [5, 5.41) is 1.06. The Morgan fingerprint density at radius 3 is 2.61 bits per heavy atom. The van der Waals surface area contributed by atoms with Crippen molar-refractivity contribution in [1.82, 2.24) is 4.98 Å². The molecule has 0 N–H and O–H groups in total. The molecule has 2 saturated carbocycles. The third kappa shape index (κ3) is 2.44. The van der Waals surface area contributed by atoms with Crippen molar-refractivity contribution in [2.75, 3.05) is 11.4 Å². The van der Waals surface area contributed by atoms with E-state index in [0.29, 0.717) is 12.0 Å². The van der Waals surface area contributed by atoms with Gasteiger partial charge in [0.25, 0.3) is 0 Å². The minimum Gasteiger partial charge on any atom is -0.345 e. The van der Waals surface area contributed by atoms with Gasteiger partial charge in [0, 0.05) is 18.5 Å². The van der Waals surface area contributed by atoms with Crippen LogP contribution in [0.25, 0.3) is 0 Å². The fourth-order valence-electron chi connectivity index (χ4n) is 2.28. The summed E-state index contributed by atoms with van der Waals surface area (Å²) in [6.45, 7) is 5.52. The summed E-state index contributed by atoms with van der Waals surface area (Å²) in [5.41, 5.74) is 1.06. The Hall–Kier alpha value is -0.900. The van der Waals surface area contributed by atoms with Crippen molar-refractivity contribution < 1.29 is 4.79 Å². The van der Waals surface area contributed by atoms with Crippen molar-refractivity contribution in [3.05, 3.63) is 10.6 Å². The Labute approximate surface area is 112 Å². The van der Waals surface area contributed by atoms with Crippen molar-refractivity contribution in [2.45, 2.75) is 51.5 Å². The molecule has 4 heteroatoms. The smallest absolute Gasteiger partial charge is 0.186 e. The van der Waals surface area contributed by atoms with Gasteiger partial charge in [-0.2, -0.15) is 0 Å². The second-order valence-electron chi connectivity index (χ2n) is 5.83. The summed E-state index contributed by atoms with van der Waals surface area (Å²) in [4.78, 5) is 19.1. The molecule has 1 heterocycles. The van der Waals surface area contributed by atoms with E-state index in [-0.39, 0.29) is 0 Å². The summed E-state index contributed by atoms with van der Waals surface area (Å²) in [5.74, 6) is 1.41. The first-order valence-corrected chi connectivity index (χ1v) is 7.73. The third-order valence-electron chi connectivity index (χ3n) is 3.76. The van der Waals surface area contributed by atoms with Crippen LogP contribution in [-0.2, 0) is 0 Å². The molecule has 0 atom stereocenters. The minimum atomic E-state index is 0.461. The Bertz CT molecular complexity index is 447. The Morgan fingerprint density at radius 2 is 2.11 bits per heavy atom. The van der Waals surface area contributed by atoms with Crippen molar-refractivity contribution in [2.24, 2.45) is 5.92 Å². The maximum Gasteiger partial charge on any atom is 0.186 e. The van der Waals surface area contributed by atoms with Crippen molar-refractivity contribution in [1.29, 1.82) is 0 Å². The maximum absolute atomic E-state index is 11.2. The van der Waals surface area contributed by atoms with E-state index in [0.717, 1.165) is 34.5 Å². The zero-order chi connectivity index (χ0) is 12.7. The van der Waals surface area contributed by atoms with E-state index in [1.165, 1.54) is 25.7 Å². The van der Waals surface area contributed by atoms with Crippen LogP contribution >= 0.6 is 11.3 Å². The molecule has 2 aliphatic rings. The van der Waals surface area contributed by atoms with E-state index < -0.39 is 0 Å². The molecule has 0 bridgehead atoms. The van der Waals surface area contributed by atoms with Crippen molar-refractivity contribution >= 4 is 22.8 Å². The van der Waals surface area contributed by atoms with Gasteiger partial charge in [-0.15, -0.1) is 0 Å². The zero-order valence-corrected chi connectivity index (χ0v) is 11.9. The molecule has 1 aromatic rings. The van der Waals surface area contributed by atoms with Gasteiger partial charge in [-0.05, 0) is 45.4 Å². The van der Waals surface area contributed by atoms with Crippen LogP contribution in [0.3, 0.4) is 0 Å². The molecule has 1 aromatic heterocycles. The highest BCUT2D eigenvalue weighted by Crippen LogP contribution is 2.44. The summed E-state index contributed by atoms with van der Waals surface area (Å²) in [6.07, 6.45) is 6.10. The SMILES string of the molecule is CC(C)N(CC1CC1)c1nc(C2CC2)c(C=O)s1. The molecule has 0 radical (unpaired) electrons. The highest BCUT2D eigenvalue weighted by Gasteiger charge is 2.32. The molecule has 98 valence electrons. The number of aromatic nitrogens is 1. The van der Waals surface area contributed by atoms with Crippen molar-refractivity contribution in [3.63, 3.8) is 0 Å². The Morgan fingerprint density at radius 1 is 1.39 bits per heavy atom. The summed E-state index contributed by atoms with van der Waals surface area (Å²) in [6, 6.07) is 0.461. The van der Waals surface area contributed by atoms with Crippen LogP contribution in [0, 0.1) is 5.92 Å². The number of thiazole rings is 1. The molecule has 0 saturated heterocycles. The first-order valence-electron chi connectivity index (χ1n) is 6.91. The first kappa shape index (κ1) is 12.2. The van der Waals surface area contributed by atoms with Gasteiger partial charge in [0.1, 0.15) is 0 Å². The molecular weight excluding hydrogens is 244 g/mol. The van der Waals surface area contributed by atoms with E-state index in [1.54, 1.807) is 11.3 Å². The number of hydrogen-bond donors (Lipinski definition) is 0. The van der Waals surface area contributed by atoms with Gasteiger partial charge in [-0.3, -0.25) is 4.79 Å². The molecule has 2 aliphatic carbocycles. The van der Waals surface area contributed by atoms with Crippen LogP contribution < -0.4 is 4.90 Å². The number of anilines is 1. The maximum atomic E-state index is 11.2. The quantitative estimate of drug-likeness (QED) is 0.738. The topological polar surface area (TPSA) is 33.2 Å². The second kappa shape index (κ2) is 4.65. The predicted octanol–water partition coefficient (Wildman–Crippen LogP) is 3.46. The highest BCUT2D eigenvalue weighted by molar-refractivity contribution is 7.17. The largest absolute Gasteiger partial charge is 0.345 e. The average molecular weight is 264 g/mol. The number of carbonyl (C=O) groups excluding carboxylic acids is 1. The lowest BCUT2D eigenvalue weighted by atomic mass is 10.2. The van der Waals surface area contributed by atoms with E-state index in [1.807, 2.05) is 0 Å². The number of rotatable bonds is 6. The van der Waals surface area contributed by atoms with Gasteiger partial charge in [-0.1, -0.05) is 11.3 Å². The standard InChI is InChI=1S/C14H20N2OS/c1-9(2)16(7-10-3-4-10)14-15-13(11-5-6-11)12(8-17)18-14/h8-11H,3-7H2,1-2H3. The van der Waals surface area contributed by atoms with Crippen LogP contribution in [0.15, 0.2) is 0 Å². The molecule has 0 aliphatic heterocycles. The molecule has 0 aromatic carbocycles. The Kier molecular flexibility index (Phi) is 3.14. The van der Waals surface area contributed by atoms with Gasteiger partial charge in [-0.25, -0.2) is 4.98 Å². The van der Waals surface area contributed by atoms with Crippen LogP contribution in [0.5, 0.6) is 0 Å². The van der Waals surface area contributed by atoms with Crippen LogP contribution in [0.1, 0.15) is 60.8 Å². The molecule has 2 fully saturated rings. The van der Waals surface area contributed by atoms with Gasteiger partial charge < -0.3 is 4.90 Å². The second-order valence-corrected chi connectivity index (χ2v) is 6.84. The van der Waals surface area contributed by atoms with Gasteiger partial charge in [0.2, 0.25) is 0 Å². The number of carbonyl (C=O) groups is 1. The third-order valence-corrected chi connectivity index (χ3v) is 4.80. The highest BCUT2D eigenvalue weighted by atomic mass is 32.1. The average Bonchev–Trinajstić information content (AvgIpc) is 3.25. The van der Waals surface area contributed by atoms with Crippen LogP contribution in [-0.4, -0.2) is 23.9 Å². The lowest BCUT2D eigenvalue weighted by molar-refractivity contribution is 0.112. The summed E-state index contributed by atoms with van der Waals surface area (Å²) in [7, 11) is 0. The summed E-state index contributed by atoms with van der Waals surface area (Å²) >= 11 is 1.58. The molecule has 0 unspecified atom stereocenters. The molecule has 0 amide bonds. The molecule has 3 rings (SSSR count). The zero-order valence-electron chi connectivity index (χ0n) is 11.1. The molecular formula is C14H20N2OS.